The second-order valence-corrected chi connectivity index (χ2v) is 4.11. The first-order valence-electron chi connectivity index (χ1n) is 5.75. The minimum atomic E-state index is 0.412. The third kappa shape index (κ3) is 3.60. The van der Waals surface area contributed by atoms with E-state index in [1.165, 1.54) is 6.33 Å². The van der Waals surface area contributed by atoms with Crippen LogP contribution >= 0.6 is 11.6 Å². The number of hydrogen-bond acceptors (Lipinski definition) is 4. The van der Waals surface area contributed by atoms with Crippen molar-refractivity contribution in [3.63, 3.8) is 0 Å². The Balaban J connectivity index is 2.02. The van der Waals surface area contributed by atoms with E-state index in [1.807, 2.05) is 24.3 Å². The molecule has 5 heteroatoms. The van der Waals surface area contributed by atoms with Crippen molar-refractivity contribution < 1.29 is 4.74 Å². The second-order valence-electron chi connectivity index (χ2n) is 3.72. The zero-order valence-corrected chi connectivity index (χ0v) is 10.8. The minimum Gasteiger partial charge on any atom is -0.494 e. The van der Waals surface area contributed by atoms with E-state index in [9.17, 15) is 0 Å². The fraction of sp³-hybridized carbons (Fsp3) is 0.231. The van der Waals surface area contributed by atoms with Crippen LogP contribution in [0.5, 0.6) is 5.75 Å². The summed E-state index contributed by atoms with van der Waals surface area (Å²) in [5.74, 6) is 1.53. The molecule has 0 saturated heterocycles. The molecule has 2 aromatic rings. The number of ether oxygens (including phenoxy) is 1. The van der Waals surface area contributed by atoms with Crippen LogP contribution in [0.1, 0.15) is 13.3 Å². The molecule has 1 aromatic carbocycles. The fourth-order valence-electron chi connectivity index (χ4n) is 1.40. The Labute approximate surface area is 111 Å². The number of halogens is 1. The Morgan fingerprint density at radius 1 is 1.22 bits per heavy atom. The Hall–Kier alpha value is -1.81. The molecule has 0 atom stereocenters. The fourth-order valence-corrected chi connectivity index (χ4v) is 1.55. The molecule has 4 nitrogen and oxygen atoms in total. The van der Waals surface area contributed by atoms with Gasteiger partial charge < -0.3 is 10.1 Å². The van der Waals surface area contributed by atoms with Gasteiger partial charge >= 0.3 is 0 Å². The quantitative estimate of drug-likeness (QED) is 0.837. The van der Waals surface area contributed by atoms with Crippen molar-refractivity contribution >= 4 is 23.1 Å². The molecule has 1 heterocycles. The molecular formula is C13H14ClN3O. The molecule has 0 aliphatic rings. The zero-order valence-electron chi connectivity index (χ0n) is 10.1. The van der Waals surface area contributed by atoms with Gasteiger partial charge in [0.05, 0.1) is 6.61 Å². The topological polar surface area (TPSA) is 47.0 Å². The molecule has 1 aromatic heterocycles. The van der Waals surface area contributed by atoms with Crippen LogP contribution in [0.15, 0.2) is 36.7 Å². The minimum absolute atomic E-state index is 0.412. The summed E-state index contributed by atoms with van der Waals surface area (Å²) >= 11 is 5.78. The lowest BCUT2D eigenvalue weighted by molar-refractivity contribution is 0.317. The van der Waals surface area contributed by atoms with Crippen molar-refractivity contribution in [1.82, 2.24) is 9.97 Å². The van der Waals surface area contributed by atoms with Gasteiger partial charge in [-0.1, -0.05) is 18.5 Å². The maximum absolute atomic E-state index is 5.78. The molecule has 0 unspecified atom stereocenters. The summed E-state index contributed by atoms with van der Waals surface area (Å²) in [6.07, 6.45) is 2.42. The van der Waals surface area contributed by atoms with Crippen molar-refractivity contribution in [1.29, 1.82) is 0 Å². The first-order chi connectivity index (χ1) is 8.78. The highest BCUT2D eigenvalue weighted by Gasteiger charge is 1.98. The van der Waals surface area contributed by atoms with Crippen molar-refractivity contribution in [3.05, 3.63) is 41.8 Å². The molecule has 94 valence electrons. The summed E-state index contributed by atoms with van der Waals surface area (Å²) in [7, 11) is 0. The standard InChI is InChI=1S/C13H14ClN3O/c1-2-7-18-11-5-3-10(4-6-11)17-13-8-12(14)15-9-16-13/h3-6,8-9H,2,7H2,1H3,(H,15,16,17). The number of hydrogen-bond donors (Lipinski definition) is 1. The molecule has 0 bridgehead atoms. The summed E-state index contributed by atoms with van der Waals surface area (Å²) in [4.78, 5) is 7.89. The second kappa shape index (κ2) is 6.21. The maximum Gasteiger partial charge on any atom is 0.135 e. The SMILES string of the molecule is CCCOc1ccc(Nc2cc(Cl)ncn2)cc1. The molecule has 18 heavy (non-hydrogen) atoms. The monoisotopic (exact) mass is 263 g/mol. The van der Waals surface area contributed by atoms with E-state index in [-0.39, 0.29) is 0 Å². The molecule has 0 spiro atoms. The smallest absolute Gasteiger partial charge is 0.135 e. The predicted octanol–water partition coefficient (Wildman–Crippen LogP) is 3.66. The van der Waals surface area contributed by atoms with Gasteiger partial charge in [0.25, 0.3) is 0 Å². The van der Waals surface area contributed by atoms with E-state index >= 15 is 0 Å². The molecule has 0 aliphatic heterocycles. The van der Waals surface area contributed by atoms with Crippen LogP contribution in [-0.2, 0) is 0 Å². The predicted molar refractivity (Wildman–Crippen MR) is 72.6 cm³/mol. The van der Waals surface area contributed by atoms with Crippen LogP contribution in [0.2, 0.25) is 5.15 Å². The lowest BCUT2D eigenvalue weighted by Gasteiger charge is -2.07. The van der Waals surface area contributed by atoms with Gasteiger partial charge in [-0.25, -0.2) is 9.97 Å². The highest BCUT2D eigenvalue weighted by Crippen LogP contribution is 2.19. The first-order valence-corrected chi connectivity index (χ1v) is 6.13. The summed E-state index contributed by atoms with van der Waals surface area (Å²) in [6.45, 7) is 2.81. The van der Waals surface area contributed by atoms with Crippen molar-refractivity contribution in [2.75, 3.05) is 11.9 Å². The van der Waals surface area contributed by atoms with Crippen LogP contribution in [0.4, 0.5) is 11.5 Å². The van der Waals surface area contributed by atoms with Crippen molar-refractivity contribution in [2.24, 2.45) is 0 Å². The van der Waals surface area contributed by atoms with Crippen LogP contribution in [0.3, 0.4) is 0 Å². The van der Waals surface area contributed by atoms with E-state index in [1.54, 1.807) is 6.07 Å². The normalized spacial score (nSPS) is 10.1. The molecular weight excluding hydrogens is 250 g/mol. The summed E-state index contributed by atoms with van der Waals surface area (Å²) < 4.78 is 5.50. The lowest BCUT2D eigenvalue weighted by Crippen LogP contribution is -1.96. The van der Waals surface area contributed by atoms with Crippen LogP contribution in [-0.4, -0.2) is 16.6 Å². The number of anilines is 2. The first kappa shape index (κ1) is 12.6. The van der Waals surface area contributed by atoms with Crippen LogP contribution in [0, 0.1) is 0 Å². The number of benzene rings is 1. The Morgan fingerprint density at radius 3 is 2.67 bits per heavy atom. The molecule has 0 aliphatic carbocycles. The summed E-state index contributed by atoms with van der Waals surface area (Å²) in [6, 6.07) is 9.37. The average Bonchev–Trinajstić information content (AvgIpc) is 2.38. The van der Waals surface area contributed by atoms with Gasteiger partial charge in [-0.05, 0) is 30.7 Å². The molecule has 0 saturated carbocycles. The van der Waals surface area contributed by atoms with E-state index < -0.39 is 0 Å². The van der Waals surface area contributed by atoms with Crippen molar-refractivity contribution in [3.8, 4) is 5.75 Å². The van der Waals surface area contributed by atoms with Gasteiger partial charge in [-0.15, -0.1) is 0 Å². The third-order valence-electron chi connectivity index (χ3n) is 2.23. The van der Waals surface area contributed by atoms with E-state index in [4.69, 9.17) is 16.3 Å². The highest BCUT2D eigenvalue weighted by molar-refractivity contribution is 6.29. The molecule has 2 rings (SSSR count). The largest absolute Gasteiger partial charge is 0.494 e. The molecule has 0 radical (unpaired) electrons. The zero-order chi connectivity index (χ0) is 12.8. The Kier molecular flexibility index (Phi) is 4.36. The van der Waals surface area contributed by atoms with Gasteiger partial charge in [-0.3, -0.25) is 0 Å². The lowest BCUT2D eigenvalue weighted by atomic mass is 10.3. The average molecular weight is 264 g/mol. The number of rotatable bonds is 5. The third-order valence-corrected chi connectivity index (χ3v) is 2.44. The van der Waals surface area contributed by atoms with Gasteiger partial charge in [-0.2, -0.15) is 0 Å². The maximum atomic E-state index is 5.78. The summed E-state index contributed by atoms with van der Waals surface area (Å²) in [5.41, 5.74) is 0.925. The van der Waals surface area contributed by atoms with Gasteiger partial charge in [0.15, 0.2) is 0 Å². The Bertz CT molecular complexity index is 502. The highest BCUT2D eigenvalue weighted by atomic mass is 35.5. The van der Waals surface area contributed by atoms with Gasteiger partial charge in [0, 0.05) is 11.8 Å². The van der Waals surface area contributed by atoms with Gasteiger partial charge in [0.1, 0.15) is 23.0 Å². The number of nitrogens with one attached hydrogen (secondary N) is 1. The van der Waals surface area contributed by atoms with Crippen molar-refractivity contribution in [2.45, 2.75) is 13.3 Å². The van der Waals surface area contributed by atoms with Gasteiger partial charge in [0.2, 0.25) is 0 Å². The van der Waals surface area contributed by atoms with E-state index in [0.717, 1.165) is 24.5 Å². The molecule has 0 amide bonds. The van der Waals surface area contributed by atoms with E-state index in [0.29, 0.717) is 11.0 Å². The van der Waals surface area contributed by atoms with Crippen LogP contribution < -0.4 is 10.1 Å². The molecule has 0 fully saturated rings. The molecule has 1 N–H and O–H groups in total. The number of nitrogens with zero attached hydrogens (tertiary/aromatic N) is 2. The number of aromatic nitrogens is 2. The van der Waals surface area contributed by atoms with Crippen LogP contribution in [0.25, 0.3) is 0 Å². The Morgan fingerprint density at radius 2 is 2.00 bits per heavy atom. The van der Waals surface area contributed by atoms with E-state index in [2.05, 4.69) is 22.2 Å². The summed E-state index contributed by atoms with van der Waals surface area (Å²) in [5, 5.41) is 3.55.